The maximum atomic E-state index is 4.72. The average molecular weight is 262 g/mol. The van der Waals surface area contributed by atoms with Gasteiger partial charge in [-0.15, -0.1) is 11.3 Å². The normalized spacial score (nSPS) is 12.2. The minimum Gasteiger partial charge on any atom is -0.317 e. The fraction of sp³-hybridized carbons (Fsp3) is 0.533. The number of nitrogens with zero attached hydrogens (tertiary/aromatic N) is 1. The van der Waals surface area contributed by atoms with Gasteiger partial charge in [-0.2, -0.15) is 0 Å². The summed E-state index contributed by atoms with van der Waals surface area (Å²) in [6.07, 6.45) is 2.26. The molecule has 2 nitrogen and oxygen atoms in total. The van der Waals surface area contributed by atoms with Gasteiger partial charge in [-0.3, -0.25) is 0 Å². The van der Waals surface area contributed by atoms with Crippen molar-refractivity contribution >= 4 is 21.6 Å². The Hall–Kier alpha value is -0.930. The number of aromatic nitrogens is 1. The van der Waals surface area contributed by atoms with E-state index in [9.17, 15) is 0 Å². The van der Waals surface area contributed by atoms with Gasteiger partial charge < -0.3 is 5.32 Å². The molecule has 18 heavy (non-hydrogen) atoms. The van der Waals surface area contributed by atoms with Crippen LogP contribution in [-0.2, 0) is 6.42 Å². The van der Waals surface area contributed by atoms with E-state index in [0.29, 0.717) is 5.41 Å². The zero-order chi connectivity index (χ0) is 13.0. The third kappa shape index (κ3) is 3.53. The largest absolute Gasteiger partial charge is 0.317 e. The molecule has 0 aliphatic carbocycles. The second-order valence-corrected chi connectivity index (χ2v) is 6.64. The second-order valence-electron chi connectivity index (χ2n) is 5.52. The Labute approximate surface area is 113 Å². The van der Waals surface area contributed by atoms with Crippen molar-refractivity contribution in [2.75, 3.05) is 13.1 Å². The van der Waals surface area contributed by atoms with Gasteiger partial charge in [0.25, 0.3) is 0 Å². The summed E-state index contributed by atoms with van der Waals surface area (Å²) >= 11 is 1.83. The minimum atomic E-state index is 0.316. The number of para-hydroxylation sites is 1. The van der Waals surface area contributed by atoms with Gasteiger partial charge in [-0.1, -0.05) is 32.9 Å². The molecule has 1 aromatic carbocycles. The van der Waals surface area contributed by atoms with Crippen molar-refractivity contribution in [3.8, 4) is 0 Å². The lowest BCUT2D eigenvalue weighted by Gasteiger charge is -2.23. The predicted molar refractivity (Wildman–Crippen MR) is 80.3 cm³/mol. The highest BCUT2D eigenvalue weighted by Crippen LogP contribution is 2.30. The van der Waals surface area contributed by atoms with E-state index in [-0.39, 0.29) is 0 Å². The number of hydrogen-bond acceptors (Lipinski definition) is 3. The molecule has 0 spiro atoms. The maximum Gasteiger partial charge on any atom is 0.0943 e. The average Bonchev–Trinajstić information content (AvgIpc) is 2.70. The summed E-state index contributed by atoms with van der Waals surface area (Å²) in [7, 11) is 0. The van der Waals surface area contributed by atoms with Gasteiger partial charge in [0.15, 0.2) is 0 Å². The smallest absolute Gasteiger partial charge is 0.0943 e. The molecule has 0 bridgehead atoms. The minimum absolute atomic E-state index is 0.316. The number of hydrogen-bond donors (Lipinski definition) is 1. The van der Waals surface area contributed by atoms with Gasteiger partial charge in [0, 0.05) is 6.42 Å². The third-order valence-corrected chi connectivity index (χ3v) is 4.23. The van der Waals surface area contributed by atoms with Crippen molar-refractivity contribution in [2.45, 2.75) is 33.6 Å². The van der Waals surface area contributed by atoms with E-state index in [2.05, 4.69) is 50.4 Å². The van der Waals surface area contributed by atoms with Gasteiger partial charge in [-0.25, -0.2) is 4.98 Å². The highest BCUT2D eigenvalue weighted by atomic mass is 32.1. The van der Waals surface area contributed by atoms with Crippen LogP contribution in [0.4, 0.5) is 0 Å². The van der Waals surface area contributed by atoms with Crippen LogP contribution in [0.2, 0.25) is 0 Å². The standard InChI is InChI=1S/C15H22N2S/c1-4-16-10-9-15(2,3)11-14-17-12-7-5-6-8-13(12)18-14/h5-8,16H,4,9-11H2,1-3H3. The molecule has 1 heterocycles. The zero-order valence-electron chi connectivity index (χ0n) is 11.5. The monoisotopic (exact) mass is 262 g/mol. The van der Waals surface area contributed by atoms with Crippen LogP contribution in [0.1, 0.15) is 32.2 Å². The molecule has 3 heteroatoms. The van der Waals surface area contributed by atoms with Crippen molar-refractivity contribution < 1.29 is 0 Å². The molecule has 0 atom stereocenters. The van der Waals surface area contributed by atoms with Crippen LogP contribution in [0.25, 0.3) is 10.2 Å². The van der Waals surface area contributed by atoms with Crippen LogP contribution in [0.15, 0.2) is 24.3 Å². The van der Waals surface area contributed by atoms with Crippen LogP contribution < -0.4 is 5.32 Å². The number of thiazole rings is 1. The second kappa shape index (κ2) is 5.81. The maximum absolute atomic E-state index is 4.72. The summed E-state index contributed by atoms with van der Waals surface area (Å²) in [6, 6.07) is 8.39. The van der Waals surface area contributed by atoms with Crippen molar-refractivity contribution in [1.82, 2.24) is 10.3 Å². The molecule has 0 fully saturated rings. The lowest BCUT2D eigenvalue weighted by Crippen LogP contribution is -2.23. The molecule has 0 aliphatic rings. The molecule has 0 radical (unpaired) electrons. The lowest BCUT2D eigenvalue weighted by atomic mass is 9.86. The summed E-state index contributed by atoms with van der Waals surface area (Å²) in [6.45, 7) is 8.96. The predicted octanol–water partition coefficient (Wildman–Crippen LogP) is 3.86. The number of rotatable bonds is 6. The molecule has 0 aliphatic heterocycles. The first-order valence-electron chi connectivity index (χ1n) is 6.66. The van der Waals surface area contributed by atoms with E-state index in [0.717, 1.165) is 25.0 Å². The number of fused-ring (bicyclic) bond motifs is 1. The molecular formula is C15H22N2S. The topological polar surface area (TPSA) is 24.9 Å². The summed E-state index contributed by atoms with van der Waals surface area (Å²) < 4.78 is 1.30. The van der Waals surface area contributed by atoms with E-state index < -0.39 is 0 Å². The Kier molecular flexibility index (Phi) is 4.36. The molecule has 2 rings (SSSR count). The number of nitrogens with one attached hydrogen (secondary N) is 1. The van der Waals surface area contributed by atoms with Crippen LogP contribution in [0.5, 0.6) is 0 Å². The first-order chi connectivity index (χ1) is 8.61. The molecule has 0 unspecified atom stereocenters. The van der Waals surface area contributed by atoms with Crippen LogP contribution in [-0.4, -0.2) is 18.1 Å². The summed E-state index contributed by atoms with van der Waals surface area (Å²) in [5.74, 6) is 0. The van der Waals surface area contributed by atoms with Crippen LogP contribution in [0, 0.1) is 5.41 Å². The van der Waals surface area contributed by atoms with Crippen LogP contribution in [0.3, 0.4) is 0 Å². The van der Waals surface area contributed by atoms with Gasteiger partial charge in [-0.05, 0) is 37.1 Å². The van der Waals surface area contributed by atoms with E-state index in [4.69, 9.17) is 4.98 Å². The quantitative estimate of drug-likeness (QED) is 0.800. The van der Waals surface area contributed by atoms with Crippen LogP contribution >= 0.6 is 11.3 Å². The number of benzene rings is 1. The van der Waals surface area contributed by atoms with Crippen molar-refractivity contribution in [3.63, 3.8) is 0 Å². The lowest BCUT2D eigenvalue weighted by molar-refractivity contribution is 0.326. The Morgan fingerprint density at radius 3 is 2.78 bits per heavy atom. The summed E-state index contributed by atoms with van der Waals surface area (Å²) in [4.78, 5) is 4.72. The Bertz CT molecular complexity index is 469. The van der Waals surface area contributed by atoms with Gasteiger partial charge in [0.2, 0.25) is 0 Å². The summed E-state index contributed by atoms with van der Waals surface area (Å²) in [5, 5.41) is 4.66. The SMILES string of the molecule is CCNCCC(C)(C)Cc1nc2ccccc2s1. The van der Waals surface area contributed by atoms with E-state index in [1.54, 1.807) is 0 Å². The van der Waals surface area contributed by atoms with E-state index >= 15 is 0 Å². The van der Waals surface area contributed by atoms with Crippen molar-refractivity contribution in [3.05, 3.63) is 29.3 Å². The fourth-order valence-electron chi connectivity index (χ4n) is 2.10. The Balaban J connectivity index is 2.03. The van der Waals surface area contributed by atoms with E-state index in [1.807, 2.05) is 11.3 Å². The first-order valence-corrected chi connectivity index (χ1v) is 7.47. The van der Waals surface area contributed by atoms with Gasteiger partial charge in [0.05, 0.1) is 15.2 Å². The summed E-state index contributed by atoms with van der Waals surface area (Å²) in [5.41, 5.74) is 1.45. The zero-order valence-corrected chi connectivity index (χ0v) is 12.3. The molecule has 1 N–H and O–H groups in total. The van der Waals surface area contributed by atoms with Crippen molar-refractivity contribution in [1.29, 1.82) is 0 Å². The molecular weight excluding hydrogens is 240 g/mol. The highest BCUT2D eigenvalue weighted by Gasteiger charge is 2.20. The fourth-order valence-corrected chi connectivity index (χ4v) is 3.32. The van der Waals surface area contributed by atoms with Gasteiger partial charge >= 0.3 is 0 Å². The highest BCUT2D eigenvalue weighted by molar-refractivity contribution is 7.18. The molecule has 0 saturated heterocycles. The molecule has 0 amide bonds. The molecule has 2 aromatic rings. The van der Waals surface area contributed by atoms with Gasteiger partial charge in [0.1, 0.15) is 0 Å². The van der Waals surface area contributed by atoms with Crippen molar-refractivity contribution in [2.24, 2.45) is 5.41 Å². The Morgan fingerprint density at radius 2 is 2.06 bits per heavy atom. The van der Waals surface area contributed by atoms with E-state index in [1.165, 1.54) is 16.1 Å². The first kappa shape index (κ1) is 13.5. The third-order valence-electron chi connectivity index (χ3n) is 3.20. The molecule has 0 saturated carbocycles. The molecule has 1 aromatic heterocycles. The molecule has 98 valence electrons. The Morgan fingerprint density at radius 1 is 1.28 bits per heavy atom.